The van der Waals surface area contributed by atoms with E-state index in [0.717, 1.165) is 83.5 Å². The molecule has 0 aromatic heterocycles. The largest absolute Gasteiger partial charge is 0.462 e. The maximum atomic E-state index is 12.2. The number of hydrogen-bond donors (Lipinski definition) is 1. The Morgan fingerprint density at radius 3 is 0.952 bits per heavy atom. The number of rotatable bonds is 51. The highest BCUT2D eigenvalue weighted by atomic mass is 16.6. The van der Waals surface area contributed by atoms with Crippen LogP contribution in [0.4, 0.5) is 0 Å². The smallest absolute Gasteiger partial charge is 0.306 e. The first kappa shape index (κ1) is 60.8. The number of ether oxygens (including phenoxy) is 2. The van der Waals surface area contributed by atoms with Crippen LogP contribution >= 0.6 is 0 Å². The first-order chi connectivity index (χ1) is 31.0. The summed E-state index contributed by atoms with van der Waals surface area (Å²) < 4.78 is 10.6. The zero-order valence-electron chi connectivity index (χ0n) is 41.8. The molecular formula is C57H104O6. The van der Waals surface area contributed by atoms with Gasteiger partial charge in [-0.25, -0.2) is 0 Å². The fourth-order valence-corrected chi connectivity index (χ4v) is 8.07. The van der Waals surface area contributed by atoms with E-state index in [4.69, 9.17) is 9.47 Å². The monoisotopic (exact) mass is 885 g/mol. The minimum Gasteiger partial charge on any atom is -0.462 e. The molecule has 0 heterocycles. The van der Waals surface area contributed by atoms with Crippen LogP contribution in [0.25, 0.3) is 0 Å². The molecule has 0 radical (unpaired) electrons. The first-order valence-electron chi connectivity index (χ1n) is 27.5. The van der Waals surface area contributed by atoms with Gasteiger partial charge in [0.2, 0.25) is 0 Å². The first-order valence-corrected chi connectivity index (χ1v) is 27.5. The number of carbonyl (C=O) groups is 3. The average Bonchev–Trinajstić information content (AvgIpc) is 3.28. The van der Waals surface area contributed by atoms with Gasteiger partial charge < -0.3 is 14.6 Å². The van der Waals surface area contributed by atoms with E-state index >= 15 is 0 Å². The summed E-state index contributed by atoms with van der Waals surface area (Å²) >= 11 is 0. The second-order valence-corrected chi connectivity index (χ2v) is 18.6. The maximum Gasteiger partial charge on any atom is 0.306 e. The molecule has 0 aromatic rings. The van der Waals surface area contributed by atoms with E-state index in [2.05, 4.69) is 50.3 Å². The van der Waals surface area contributed by atoms with Gasteiger partial charge in [-0.2, -0.15) is 0 Å². The molecular weight excluding hydrogens is 781 g/mol. The van der Waals surface area contributed by atoms with Crippen molar-refractivity contribution in [2.45, 2.75) is 296 Å². The standard InChI is InChI=1S/C57H104O6/c1-3-5-7-9-11-13-15-17-20-24-28-32-36-40-44-48-54(59)49-45-41-37-33-29-25-22-19-23-26-30-34-38-42-46-50-56(60)62-53-55(52-58)63-57(61)51-47-43-39-35-31-27-21-18-16-14-12-10-8-6-4-2/h17-21,23,55,58H,3-16,22,24-53H2,1-2H3. The van der Waals surface area contributed by atoms with Gasteiger partial charge in [-0.1, -0.05) is 198 Å². The van der Waals surface area contributed by atoms with Gasteiger partial charge in [0.1, 0.15) is 12.4 Å². The minimum absolute atomic E-state index is 0.0829. The van der Waals surface area contributed by atoms with Crippen molar-refractivity contribution < 1.29 is 29.0 Å². The lowest BCUT2D eigenvalue weighted by Gasteiger charge is -2.15. The molecule has 0 spiro atoms. The summed E-state index contributed by atoms with van der Waals surface area (Å²) in [7, 11) is 0. The van der Waals surface area contributed by atoms with Crippen LogP contribution in [-0.4, -0.2) is 42.1 Å². The SMILES string of the molecule is CCCCCCCCC=CCCCCCCCC(=O)CCCCCCCCC=CCCCCCCCC(=O)OCC(CO)OC(=O)CCCCCCCC=CCCCCCCCC. The molecule has 1 atom stereocenters. The van der Waals surface area contributed by atoms with Crippen molar-refractivity contribution in [3.63, 3.8) is 0 Å². The second kappa shape index (κ2) is 52.4. The van der Waals surface area contributed by atoms with E-state index < -0.39 is 6.10 Å². The number of aliphatic hydroxyl groups is 1. The highest BCUT2D eigenvalue weighted by molar-refractivity contribution is 5.78. The number of unbranched alkanes of at least 4 members (excludes halogenated alkanes) is 33. The molecule has 0 aliphatic carbocycles. The molecule has 0 amide bonds. The summed E-state index contributed by atoms with van der Waals surface area (Å²) in [5.41, 5.74) is 0. The van der Waals surface area contributed by atoms with E-state index in [-0.39, 0.29) is 25.2 Å². The van der Waals surface area contributed by atoms with Crippen LogP contribution in [0.2, 0.25) is 0 Å². The van der Waals surface area contributed by atoms with Gasteiger partial charge in [0.15, 0.2) is 6.10 Å². The number of hydrogen-bond acceptors (Lipinski definition) is 6. The van der Waals surface area contributed by atoms with Crippen LogP contribution in [0, 0.1) is 0 Å². The average molecular weight is 885 g/mol. The molecule has 0 aliphatic rings. The summed E-state index contributed by atoms with van der Waals surface area (Å²) in [5, 5.41) is 9.61. The van der Waals surface area contributed by atoms with Crippen molar-refractivity contribution in [1.82, 2.24) is 0 Å². The normalized spacial score (nSPS) is 12.3. The fourth-order valence-electron chi connectivity index (χ4n) is 8.07. The van der Waals surface area contributed by atoms with Gasteiger partial charge in [-0.05, 0) is 103 Å². The van der Waals surface area contributed by atoms with Crippen molar-refractivity contribution in [2.24, 2.45) is 0 Å². The Kier molecular flexibility index (Phi) is 50.6. The Hall–Kier alpha value is -2.21. The summed E-state index contributed by atoms with van der Waals surface area (Å²) in [5.74, 6) is -0.149. The molecule has 1 N–H and O–H groups in total. The number of allylic oxidation sites excluding steroid dienone is 6. The predicted octanol–water partition coefficient (Wildman–Crippen LogP) is 17.5. The second-order valence-electron chi connectivity index (χ2n) is 18.6. The Morgan fingerprint density at radius 1 is 0.365 bits per heavy atom. The van der Waals surface area contributed by atoms with Crippen LogP contribution in [0.1, 0.15) is 290 Å². The van der Waals surface area contributed by atoms with Crippen molar-refractivity contribution in [3.05, 3.63) is 36.5 Å². The van der Waals surface area contributed by atoms with Crippen LogP contribution in [-0.2, 0) is 23.9 Å². The molecule has 0 aromatic carbocycles. The van der Waals surface area contributed by atoms with Crippen molar-refractivity contribution in [2.75, 3.05) is 13.2 Å². The number of esters is 2. The maximum absolute atomic E-state index is 12.2. The summed E-state index contributed by atoms with van der Waals surface area (Å²) in [6, 6.07) is 0. The lowest BCUT2D eigenvalue weighted by atomic mass is 10.0. The molecule has 6 nitrogen and oxygen atoms in total. The lowest BCUT2D eigenvalue weighted by Crippen LogP contribution is -2.28. The van der Waals surface area contributed by atoms with Crippen LogP contribution in [0.15, 0.2) is 36.5 Å². The van der Waals surface area contributed by atoms with E-state index in [1.54, 1.807) is 0 Å². The van der Waals surface area contributed by atoms with Gasteiger partial charge in [0, 0.05) is 25.7 Å². The fraction of sp³-hybridized carbons (Fsp3) is 0.842. The lowest BCUT2D eigenvalue weighted by molar-refractivity contribution is -0.161. The van der Waals surface area contributed by atoms with Crippen molar-refractivity contribution >= 4 is 17.7 Å². The minimum atomic E-state index is -0.789. The molecule has 0 fully saturated rings. The molecule has 63 heavy (non-hydrogen) atoms. The van der Waals surface area contributed by atoms with Gasteiger partial charge in [0.25, 0.3) is 0 Å². The highest BCUT2D eigenvalue weighted by Gasteiger charge is 2.16. The van der Waals surface area contributed by atoms with Crippen LogP contribution in [0.5, 0.6) is 0 Å². The summed E-state index contributed by atoms with van der Waals surface area (Å²) in [6.07, 6.45) is 63.0. The van der Waals surface area contributed by atoms with E-state index in [0.29, 0.717) is 18.6 Å². The predicted molar refractivity (Wildman–Crippen MR) is 270 cm³/mol. The molecule has 0 rings (SSSR count). The molecule has 368 valence electrons. The quantitative estimate of drug-likeness (QED) is 0.0372. The van der Waals surface area contributed by atoms with Crippen molar-refractivity contribution in [3.8, 4) is 0 Å². The van der Waals surface area contributed by atoms with E-state index in [1.807, 2.05) is 0 Å². The van der Waals surface area contributed by atoms with Gasteiger partial charge in [-0.15, -0.1) is 0 Å². The summed E-state index contributed by atoms with van der Waals surface area (Å²) in [6.45, 7) is 4.11. The molecule has 0 aliphatic heterocycles. The Balaban J connectivity index is 3.50. The Morgan fingerprint density at radius 2 is 0.635 bits per heavy atom. The van der Waals surface area contributed by atoms with Crippen molar-refractivity contribution in [1.29, 1.82) is 0 Å². The number of carbonyl (C=O) groups excluding carboxylic acids is 3. The van der Waals surface area contributed by atoms with Gasteiger partial charge >= 0.3 is 11.9 Å². The molecule has 0 saturated carbocycles. The zero-order valence-corrected chi connectivity index (χ0v) is 41.8. The van der Waals surface area contributed by atoms with E-state index in [9.17, 15) is 19.5 Å². The van der Waals surface area contributed by atoms with Gasteiger partial charge in [0.05, 0.1) is 6.61 Å². The van der Waals surface area contributed by atoms with E-state index in [1.165, 1.54) is 180 Å². The van der Waals surface area contributed by atoms with Gasteiger partial charge in [-0.3, -0.25) is 14.4 Å². The third-order valence-corrected chi connectivity index (χ3v) is 12.3. The molecule has 0 saturated heterocycles. The van der Waals surface area contributed by atoms with Crippen LogP contribution in [0.3, 0.4) is 0 Å². The third kappa shape index (κ3) is 50.6. The third-order valence-electron chi connectivity index (χ3n) is 12.3. The number of Topliss-reactive ketones (excluding diaryl/α,β-unsaturated/α-hetero) is 1. The molecule has 6 heteroatoms. The Labute approximate surface area is 391 Å². The van der Waals surface area contributed by atoms with Crippen LogP contribution < -0.4 is 0 Å². The topological polar surface area (TPSA) is 89.9 Å². The highest BCUT2D eigenvalue weighted by Crippen LogP contribution is 2.15. The number of ketones is 1. The zero-order chi connectivity index (χ0) is 45.8. The summed E-state index contributed by atoms with van der Waals surface area (Å²) in [4.78, 5) is 36.7. The molecule has 1 unspecified atom stereocenters. The Bertz CT molecular complexity index is 1060. The number of aliphatic hydroxyl groups excluding tert-OH is 1. The molecule has 0 bridgehead atoms.